The number of benzene rings is 1. The molecule has 1 N–H and O–H groups in total. The summed E-state index contributed by atoms with van der Waals surface area (Å²) in [6.07, 6.45) is 3.55. The van der Waals surface area contributed by atoms with E-state index in [0.717, 1.165) is 30.8 Å². The summed E-state index contributed by atoms with van der Waals surface area (Å²) < 4.78 is 0. The van der Waals surface area contributed by atoms with Gasteiger partial charge < -0.3 is 15.1 Å². The minimum absolute atomic E-state index is 0.171. The zero-order valence-corrected chi connectivity index (χ0v) is 12.3. The van der Waals surface area contributed by atoms with Gasteiger partial charge in [-0.3, -0.25) is 4.79 Å². The highest BCUT2D eigenvalue weighted by atomic mass is 16.2. The topological polar surface area (TPSA) is 35.6 Å². The Labute approximate surface area is 120 Å². The van der Waals surface area contributed by atoms with Gasteiger partial charge in [-0.25, -0.2) is 0 Å². The first-order valence-electron chi connectivity index (χ1n) is 7.46. The molecular weight excluding hydrogens is 250 g/mol. The Morgan fingerprint density at radius 3 is 2.55 bits per heavy atom. The van der Waals surface area contributed by atoms with Crippen LogP contribution < -0.4 is 10.2 Å². The summed E-state index contributed by atoms with van der Waals surface area (Å²) in [4.78, 5) is 16.7. The molecule has 2 unspecified atom stereocenters. The smallest absolute Gasteiger partial charge is 0.253 e. The molecule has 1 aromatic rings. The van der Waals surface area contributed by atoms with Crippen molar-refractivity contribution in [1.82, 2.24) is 10.2 Å². The van der Waals surface area contributed by atoms with Gasteiger partial charge in [0.15, 0.2) is 0 Å². The standard InChI is InChI=1S/C16H23N3O/c1-18(2)15-7-3-12(4-8-15)16(20)19-10-9-13-5-6-14(11-19)17-13/h3-4,7-8,13-14,17H,5-6,9-11H2,1-2H3. The van der Waals surface area contributed by atoms with E-state index in [9.17, 15) is 4.79 Å². The SMILES string of the molecule is CN(C)c1ccc(C(=O)N2CCC3CCC(C2)N3)cc1. The number of hydrogen-bond acceptors (Lipinski definition) is 3. The third-order valence-electron chi connectivity index (χ3n) is 4.44. The van der Waals surface area contributed by atoms with E-state index in [1.807, 2.05) is 48.2 Å². The summed E-state index contributed by atoms with van der Waals surface area (Å²) in [5, 5.41) is 3.61. The minimum Gasteiger partial charge on any atom is -0.378 e. The van der Waals surface area contributed by atoms with Crippen molar-refractivity contribution in [2.24, 2.45) is 0 Å². The summed E-state index contributed by atoms with van der Waals surface area (Å²) in [6.45, 7) is 1.73. The highest BCUT2D eigenvalue weighted by Crippen LogP contribution is 2.22. The number of carbonyl (C=O) groups is 1. The quantitative estimate of drug-likeness (QED) is 0.891. The lowest BCUT2D eigenvalue weighted by Crippen LogP contribution is -2.39. The molecule has 4 nitrogen and oxygen atoms in total. The molecule has 0 aliphatic carbocycles. The summed E-state index contributed by atoms with van der Waals surface area (Å²) in [5.41, 5.74) is 1.92. The van der Waals surface area contributed by atoms with Gasteiger partial charge in [0.1, 0.15) is 0 Å². The Hall–Kier alpha value is -1.55. The van der Waals surface area contributed by atoms with Crippen LogP contribution in [-0.2, 0) is 0 Å². The van der Waals surface area contributed by atoms with Crippen molar-refractivity contribution in [2.75, 3.05) is 32.1 Å². The van der Waals surface area contributed by atoms with Crippen molar-refractivity contribution in [2.45, 2.75) is 31.3 Å². The number of carbonyl (C=O) groups excluding carboxylic acids is 1. The number of likely N-dealkylation sites (tertiary alicyclic amines) is 1. The number of nitrogens with one attached hydrogen (secondary N) is 1. The van der Waals surface area contributed by atoms with Crippen molar-refractivity contribution < 1.29 is 4.79 Å². The predicted molar refractivity (Wildman–Crippen MR) is 81.2 cm³/mol. The highest BCUT2D eigenvalue weighted by Gasteiger charge is 2.31. The largest absolute Gasteiger partial charge is 0.378 e. The average Bonchev–Trinajstić information content (AvgIpc) is 2.78. The van der Waals surface area contributed by atoms with Gasteiger partial charge in [-0.1, -0.05) is 0 Å². The second-order valence-corrected chi connectivity index (χ2v) is 6.12. The zero-order chi connectivity index (χ0) is 14.1. The number of rotatable bonds is 2. The molecule has 2 aliphatic rings. The van der Waals surface area contributed by atoms with Crippen LogP contribution in [0.4, 0.5) is 5.69 Å². The van der Waals surface area contributed by atoms with E-state index in [4.69, 9.17) is 0 Å². The number of amides is 1. The predicted octanol–water partition coefficient (Wildman–Crippen LogP) is 1.72. The van der Waals surface area contributed by atoms with E-state index < -0.39 is 0 Å². The monoisotopic (exact) mass is 273 g/mol. The van der Waals surface area contributed by atoms with Crippen molar-refractivity contribution in [1.29, 1.82) is 0 Å². The van der Waals surface area contributed by atoms with E-state index in [-0.39, 0.29) is 5.91 Å². The lowest BCUT2D eigenvalue weighted by molar-refractivity contribution is 0.0748. The molecule has 2 atom stereocenters. The van der Waals surface area contributed by atoms with Gasteiger partial charge in [-0.2, -0.15) is 0 Å². The van der Waals surface area contributed by atoms with Crippen LogP contribution in [0.25, 0.3) is 0 Å². The normalized spacial score (nSPS) is 25.4. The van der Waals surface area contributed by atoms with E-state index in [0.29, 0.717) is 12.1 Å². The molecule has 2 saturated heterocycles. The van der Waals surface area contributed by atoms with Crippen molar-refractivity contribution in [3.05, 3.63) is 29.8 Å². The number of hydrogen-bond donors (Lipinski definition) is 1. The Balaban J connectivity index is 1.71. The fourth-order valence-corrected chi connectivity index (χ4v) is 3.21. The zero-order valence-electron chi connectivity index (χ0n) is 12.3. The molecule has 2 aliphatic heterocycles. The van der Waals surface area contributed by atoms with Crippen LogP contribution in [-0.4, -0.2) is 50.1 Å². The highest BCUT2D eigenvalue weighted by molar-refractivity contribution is 5.94. The first kappa shape index (κ1) is 13.4. The van der Waals surface area contributed by atoms with Gasteiger partial charge in [0, 0.05) is 50.5 Å². The Kier molecular flexibility index (Phi) is 3.66. The molecule has 1 amide bonds. The van der Waals surface area contributed by atoms with Crippen LogP contribution >= 0.6 is 0 Å². The lowest BCUT2D eigenvalue weighted by atomic mass is 10.1. The number of fused-ring (bicyclic) bond motifs is 2. The number of anilines is 1. The molecule has 0 spiro atoms. The fraction of sp³-hybridized carbons (Fsp3) is 0.562. The van der Waals surface area contributed by atoms with Gasteiger partial charge in [-0.05, 0) is 43.5 Å². The van der Waals surface area contributed by atoms with E-state index >= 15 is 0 Å². The van der Waals surface area contributed by atoms with E-state index in [1.165, 1.54) is 12.8 Å². The van der Waals surface area contributed by atoms with Gasteiger partial charge in [0.25, 0.3) is 5.91 Å². The molecular formula is C16H23N3O. The van der Waals surface area contributed by atoms with Gasteiger partial charge in [0.05, 0.1) is 0 Å². The summed E-state index contributed by atoms with van der Waals surface area (Å²) in [6, 6.07) is 9.01. The maximum atomic E-state index is 12.6. The Bertz CT molecular complexity index is 483. The van der Waals surface area contributed by atoms with Gasteiger partial charge in [-0.15, -0.1) is 0 Å². The molecule has 3 rings (SSSR count). The fourth-order valence-electron chi connectivity index (χ4n) is 3.21. The molecule has 2 fully saturated rings. The molecule has 2 heterocycles. The third kappa shape index (κ3) is 2.66. The van der Waals surface area contributed by atoms with Crippen LogP contribution in [0.5, 0.6) is 0 Å². The molecule has 20 heavy (non-hydrogen) atoms. The third-order valence-corrected chi connectivity index (χ3v) is 4.44. The minimum atomic E-state index is 0.171. The second kappa shape index (κ2) is 5.44. The van der Waals surface area contributed by atoms with Crippen molar-refractivity contribution >= 4 is 11.6 Å². The Morgan fingerprint density at radius 1 is 1.15 bits per heavy atom. The number of nitrogens with zero attached hydrogens (tertiary/aromatic N) is 2. The van der Waals surface area contributed by atoms with Crippen LogP contribution in [0.15, 0.2) is 24.3 Å². The molecule has 0 saturated carbocycles. The van der Waals surface area contributed by atoms with Crippen LogP contribution in [0, 0.1) is 0 Å². The molecule has 1 aromatic carbocycles. The molecule has 0 radical (unpaired) electrons. The van der Waals surface area contributed by atoms with E-state index in [2.05, 4.69) is 5.32 Å². The van der Waals surface area contributed by atoms with Gasteiger partial charge >= 0.3 is 0 Å². The molecule has 4 heteroatoms. The van der Waals surface area contributed by atoms with Crippen LogP contribution in [0.2, 0.25) is 0 Å². The van der Waals surface area contributed by atoms with Crippen molar-refractivity contribution in [3.63, 3.8) is 0 Å². The first-order valence-corrected chi connectivity index (χ1v) is 7.46. The van der Waals surface area contributed by atoms with Crippen molar-refractivity contribution in [3.8, 4) is 0 Å². The van der Waals surface area contributed by atoms with Crippen LogP contribution in [0.1, 0.15) is 29.6 Å². The maximum Gasteiger partial charge on any atom is 0.253 e. The maximum absolute atomic E-state index is 12.6. The molecule has 2 bridgehead atoms. The second-order valence-electron chi connectivity index (χ2n) is 6.12. The summed E-state index contributed by atoms with van der Waals surface area (Å²) in [7, 11) is 4.02. The Morgan fingerprint density at radius 2 is 1.85 bits per heavy atom. The van der Waals surface area contributed by atoms with Gasteiger partial charge in [0.2, 0.25) is 0 Å². The lowest BCUT2D eigenvalue weighted by Gasteiger charge is -2.24. The van der Waals surface area contributed by atoms with E-state index in [1.54, 1.807) is 0 Å². The summed E-state index contributed by atoms with van der Waals surface area (Å²) >= 11 is 0. The summed E-state index contributed by atoms with van der Waals surface area (Å²) in [5.74, 6) is 0.171. The van der Waals surface area contributed by atoms with Crippen LogP contribution in [0.3, 0.4) is 0 Å². The molecule has 108 valence electrons. The average molecular weight is 273 g/mol. The first-order chi connectivity index (χ1) is 9.63. The molecule has 0 aromatic heterocycles.